The van der Waals surface area contributed by atoms with Gasteiger partial charge < -0.3 is 15.0 Å². The minimum atomic E-state index is -0.458. The molecule has 2 heterocycles. The van der Waals surface area contributed by atoms with Crippen molar-refractivity contribution < 1.29 is 14.3 Å². The lowest BCUT2D eigenvalue weighted by Crippen LogP contribution is -2.46. The Labute approximate surface area is 157 Å². The number of ether oxygens (including phenoxy) is 1. The monoisotopic (exact) mass is 370 g/mol. The van der Waals surface area contributed by atoms with Crippen molar-refractivity contribution in [2.75, 3.05) is 13.7 Å². The minimum Gasteiger partial charge on any atom is -0.462 e. The van der Waals surface area contributed by atoms with Crippen molar-refractivity contribution in [3.05, 3.63) is 69.6 Å². The van der Waals surface area contributed by atoms with Crippen LogP contribution in [-0.2, 0) is 16.0 Å². The van der Waals surface area contributed by atoms with Gasteiger partial charge in [0.05, 0.1) is 18.2 Å². The second-order valence-electron chi connectivity index (χ2n) is 6.18. The van der Waals surface area contributed by atoms with Crippen LogP contribution in [0.4, 0.5) is 4.79 Å². The van der Waals surface area contributed by atoms with Gasteiger partial charge in [0.1, 0.15) is 0 Å². The molecule has 1 aromatic heterocycles. The van der Waals surface area contributed by atoms with Crippen LogP contribution < -0.4 is 5.32 Å². The molecule has 1 atom stereocenters. The van der Waals surface area contributed by atoms with Crippen molar-refractivity contribution in [1.29, 1.82) is 0 Å². The van der Waals surface area contributed by atoms with Crippen LogP contribution in [0.25, 0.3) is 0 Å². The summed E-state index contributed by atoms with van der Waals surface area (Å²) >= 11 is 1.51. The standard InChI is InChI=1S/C20H22N2O3S/c1-14-17(18(16-11-7-13-26-16)21-20(24)22(14)2)19(23)25-12-6-10-15-8-4-3-5-9-15/h3-5,7-9,11,13,18H,6,10,12H2,1-2H3,(H,21,24). The molecule has 0 fully saturated rings. The summed E-state index contributed by atoms with van der Waals surface area (Å²) in [6.45, 7) is 2.12. The van der Waals surface area contributed by atoms with E-state index in [0.717, 1.165) is 17.7 Å². The summed E-state index contributed by atoms with van der Waals surface area (Å²) < 4.78 is 5.52. The van der Waals surface area contributed by atoms with E-state index in [4.69, 9.17) is 4.74 Å². The first-order valence-electron chi connectivity index (χ1n) is 8.57. The smallest absolute Gasteiger partial charge is 0.338 e. The van der Waals surface area contributed by atoms with E-state index in [2.05, 4.69) is 17.4 Å². The van der Waals surface area contributed by atoms with Crippen molar-refractivity contribution in [2.24, 2.45) is 0 Å². The Kier molecular flexibility index (Phi) is 5.73. The summed E-state index contributed by atoms with van der Waals surface area (Å²) in [4.78, 5) is 27.2. The molecule has 26 heavy (non-hydrogen) atoms. The highest BCUT2D eigenvalue weighted by Crippen LogP contribution is 2.32. The quantitative estimate of drug-likeness (QED) is 0.620. The normalized spacial score (nSPS) is 17.2. The molecule has 0 aliphatic carbocycles. The Morgan fingerprint density at radius 2 is 2.00 bits per heavy atom. The number of hydrogen-bond donors (Lipinski definition) is 1. The molecule has 1 unspecified atom stereocenters. The SMILES string of the molecule is CC1=C(C(=O)OCCCc2ccccc2)C(c2cccs2)NC(=O)N1C. The second-order valence-corrected chi connectivity index (χ2v) is 7.16. The van der Waals surface area contributed by atoms with E-state index in [1.807, 2.05) is 35.7 Å². The molecule has 1 aliphatic heterocycles. The predicted molar refractivity (Wildman–Crippen MR) is 102 cm³/mol. The van der Waals surface area contributed by atoms with Crippen molar-refractivity contribution in [1.82, 2.24) is 10.2 Å². The molecule has 0 saturated carbocycles. The van der Waals surface area contributed by atoms with Crippen LogP contribution in [0.15, 0.2) is 59.1 Å². The van der Waals surface area contributed by atoms with Gasteiger partial charge >= 0.3 is 12.0 Å². The summed E-state index contributed by atoms with van der Waals surface area (Å²) in [6, 6.07) is 13.3. The van der Waals surface area contributed by atoms with Crippen LogP contribution in [0, 0.1) is 0 Å². The molecule has 2 aromatic rings. The highest BCUT2D eigenvalue weighted by molar-refractivity contribution is 7.10. The number of esters is 1. The second kappa shape index (κ2) is 8.19. The molecule has 1 aliphatic rings. The average molecular weight is 370 g/mol. The molecule has 6 heteroatoms. The third-order valence-electron chi connectivity index (χ3n) is 4.49. The van der Waals surface area contributed by atoms with E-state index in [0.29, 0.717) is 17.9 Å². The fraction of sp³-hybridized carbons (Fsp3) is 0.300. The summed E-state index contributed by atoms with van der Waals surface area (Å²) in [5, 5.41) is 4.81. The number of aryl methyl sites for hydroxylation is 1. The average Bonchev–Trinajstić information content (AvgIpc) is 3.18. The molecular formula is C20H22N2O3S. The van der Waals surface area contributed by atoms with Gasteiger partial charge in [0.15, 0.2) is 0 Å². The molecule has 2 amide bonds. The molecule has 5 nitrogen and oxygen atoms in total. The Bertz CT molecular complexity index is 800. The largest absolute Gasteiger partial charge is 0.462 e. The maximum absolute atomic E-state index is 12.7. The van der Waals surface area contributed by atoms with Gasteiger partial charge in [-0.25, -0.2) is 9.59 Å². The number of nitrogens with zero attached hydrogens (tertiary/aromatic N) is 1. The van der Waals surface area contributed by atoms with Crippen molar-refractivity contribution in [3.63, 3.8) is 0 Å². The Morgan fingerprint density at radius 3 is 2.69 bits per heavy atom. The third-order valence-corrected chi connectivity index (χ3v) is 5.42. The van der Waals surface area contributed by atoms with Crippen molar-refractivity contribution >= 4 is 23.3 Å². The van der Waals surface area contributed by atoms with Crippen molar-refractivity contribution in [3.8, 4) is 0 Å². The zero-order chi connectivity index (χ0) is 18.5. The number of rotatable bonds is 6. The molecular weight excluding hydrogens is 348 g/mol. The number of amides is 2. The molecule has 136 valence electrons. The van der Waals surface area contributed by atoms with Gasteiger partial charge in [-0.15, -0.1) is 11.3 Å². The Morgan fingerprint density at radius 1 is 1.23 bits per heavy atom. The Hall–Kier alpha value is -2.60. The fourth-order valence-corrected chi connectivity index (χ4v) is 3.72. The maximum atomic E-state index is 12.7. The molecule has 0 spiro atoms. The molecule has 1 aromatic carbocycles. The summed E-state index contributed by atoms with van der Waals surface area (Å²) in [7, 11) is 1.65. The van der Waals surface area contributed by atoms with Crippen LogP contribution in [0.2, 0.25) is 0 Å². The van der Waals surface area contributed by atoms with Gasteiger partial charge in [-0.3, -0.25) is 0 Å². The zero-order valence-corrected chi connectivity index (χ0v) is 15.7. The van der Waals surface area contributed by atoms with Gasteiger partial charge in [-0.2, -0.15) is 0 Å². The van der Waals surface area contributed by atoms with Crippen LogP contribution >= 0.6 is 11.3 Å². The number of hydrogen-bond acceptors (Lipinski definition) is 4. The van der Waals surface area contributed by atoms with E-state index in [-0.39, 0.29) is 12.0 Å². The predicted octanol–water partition coefficient (Wildman–Crippen LogP) is 3.89. The summed E-state index contributed by atoms with van der Waals surface area (Å²) in [5.41, 5.74) is 2.34. The zero-order valence-electron chi connectivity index (χ0n) is 14.9. The molecule has 0 saturated heterocycles. The van der Waals surface area contributed by atoms with E-state index in [9.17, 15) is 9.59 Å². The van der Waals surface area contributed by atoms with Gasteiger partial charge in [0, 0.05) is 17.6 Å². The first kappa shape index (κ1) is 18.2. The fourth-order valence-electron chi connectivity index (χ4n) is 2.93. The van der Waals surface area contributed by atoms with Crippen molar-refractivity contribution in [2.45, 2.75) is 25.8 Å². The molecule has 0 bridgehead atoms. The van der Waals surface area contributed by atoms with Gasteiger partial charge in [-0.1, -0.05) is 36.4 Å². The highest BCUT2D eigenvalue weighted by Gasteiger charge is 2.35. The summed E-state index contributed by atoms with van der Waals surface area (Å²) in [6.07, 6.45) is 1.62. The van der Waals surface area contributed by atoms with Crippen LogP contribution in [0.3, 0.4) is 0 Å². The molecule has 0 radical (unpaired) electrons. The number of nitrogens with one attached hydrogen (secondary N) is 1. The van der Waals surface area contributed by atoms with E-state index >= 15 is 0 Å². The lowest BCUT2D eigenvalue weighted by molar-refractivity contribution is -0.139. The lowest BCUT2D eigenvalue weighted by atomic mass is 10.0. The van der Waals surface area contributed by atoms with Gasteiger partial charge in [0.25, 0.3) is 0 Å². The lowest BCUT2D eigenvalue weighted by Gasteiger charge is -2.32. The number of thiophene rings is 1. The summed E-state index contributed by atoms with van der Waals surface area (Å²) in [5.74, 6) is -0.374. The number of allylic oxidation sites excluding steroid dienone is 1. The van der Waals surface area contributed by atoms with Crippen LogP contribution in [0.1, 0.15) is 29.8 Å². The maximum Gasteiger partial charge on any atom is 0.338 e. The van der Waals surface area contributed by atoms with Crippen LogP contribution in [-0.4, -0.2) is 30.6 Å². The first-order chi connectivity index (χ1) is 12.6. The van der Waals surface area contributed by atoms with E-state index in [1.165, 1.54) is 21.8 Å². The van der Waals surface area contributed by atoms with Gasteiger partial charge in [-0.05, 0) is 36.8 Å². The number of urea groups is 1. The first-order valence-corrected chi connectivity index (χ1v) is 9.45. The van der Waals surface area contributed by atoms with E-state index in [1.54, 1.807) is 14.0 Å². The third kappa shape index (κ3) is 3.96. The highest BCUT2D eigenvalue weighted by atomic mass is 32.1. The number of carbonyl (C=O) groups excluding carboxylic acids is 2. The minimum absolute atomic E-state index is 0.221. The molecule has 1 N–H and O–H groups in total. The molecule has 3 rings (SSSR count). The topological polar surface area (TPSA) is 58.6 Å². The van der Waals surface area contributed by atoms with Gasteiger partial charge in [0.2, 0.25) is 0 Å². The Balaban J connectivity index is 1.67. The van der Waals surface area contributed by atoms with Crippen LogP contribution in [0.5, 0.6) is 0 Å². The number of carbonyl (C=O) groups is 2. The number of benzene rings is 1. The van der Waals surface area contributed by atoms with E-state index < -0.39 is 6.04 Å².